The quantitative estimate of drug-likeness (QED) is 0.235. The van der Waals surface area contributed by atoms with Crippen LogP contribution in [0.4, 0.5) is 21.5 Å². The number of benzene rings is 1. The summed E-state index contributed by atoms with van der Waals surface area (Å²) < 4.78 is 4.16. The summed E-state index contributed by atoms with van der Waals surface area (Å²) in [4.78, 5) is 16.3. The van der Waals surface area contributed by atoms with Crippen LogP contribution in [0.15, 0.2) is 53.2 Å². The number of imidazole rings is 1. The monoisotopic (exact) mass is 420 g/mol. The first-order valence-electron chi connectivity index (χ1n) is 8.54. The summed E-state index contributed by atoms with van der Waals surface area (Å²) >= 11 is 6.51. The van der Waals surface area contributed by atoms with E-state index in [1.807, 2.05) is 54.6 Å². The fourth-order valence-corrected chi connectivity index (χ4v) is 3.52. The molecule has 0 spiro atoms. The number of halogens is 1. The molecule has 11 heteroatoms. The molecule has 3 aromatic rings. The molecular weight excluding hydrogens is 402 g/mol. The SMILES string of the molecule is CCN(CCn1cc[n+](C)c1)c1ccc(/N=N/c2nc(Cl)c([N+](=O)[O-])s2)cc1. The first-order valence-corrected chi connectivity index (χ1v) is 9.74. The molecule has 0 atom stereocenters. The second-order valence-electron chi connectivity index (χ2n) is 5.96. The maximum absolute atomic E-state index is 10.8. The third-order valence-electron chi connectivity index (χ3n) is 4.02. The molecule has 0 N–H and O–H groups in total. The Kier molecular flexibility index (Phi) is 6.32. The van der Waals surface area contributed by atoms with Crippen LogP contribution in [0.5, 0.6) is 0 Å². The van der Waals surface area contributed by atoms with Crippen molar-refractivity contribution in [1.29, 1.82) is 0 Å². The number of aromatic nitrogens is 3. The van der Waals surface area contributed by atoms with Gasteiger partial charge in [-0.25, -0.2) is 9.13 Å². The predicted octanol–water partition coefficient (Wildman–Crippen LogP) is 4.27. The zero-order chi connectivity index (χ0) is 20.1. The van der Waals surface area contributed by atoms with Crippen LogP contribution in [-0.4, -0.2) is 27.6 Å². The van der Waals surface area contributed by atoms with Crippen molar-refractivity contribution in [3.63, 3.8) is 0 Å². The number of hydrogen-bond acceptors (Lipinski definition) is 7. The fourth-order valence-electron chi connectivity index (χ4n) is 2.61. The van der Waals surface area contributed by atoms with E-state index in [0.717, 1.165) is 36.7 Å². The Labute approximate surface area is 170 Å². The van der Waals surface area contributed by atoms with Gasteiger partial charge in [0.15, 0.2) is 0 Å². The van der Waals surface area contributed by atoms with Gasteiger partial charge in [-0.3, -0.25) is 10.1 Å². The second kappa shape index (κ2) is 8.89. The highest BCUT2D eigenvalue weighted by atomic mass is 35.5. The summed E-state index contributed by atoms with van der Waals surface area (Å²) in [6.07, 6.45) is 6.11. The van der Waals surface area contributed by atoms with E-state index in [-0.39, 0.29) is 15.3 Å². The highest BCUT2D eigenvalue weighted by Gasteiger charge is 2.19. The molecule has 1 aromatic carbocycles. The summed E-state index contributed by atoms with van der Waals surface area (Å²) in [5.41, 5.74) is 1.72. The van der Waals surface area contributed by atoms with Gasteiger partial charge in [-0.2, -0.15) is 4.98 Å². The van der Waals surface area contributed by atoms with Crippen molar-refractivity contribution in [2.24, 2.45) is 17.3 Å². The lowest BCUT2D eigenvalue weighted by atomic mass is 10.2. The second-order valence-corrected chi connectivity index (χ2v) is 7.28. The molecule has 0 aliphatic carbocycles. The van der Waals surface area contributed by atoms with Crippen molar-refractivity contribution in [3.05, 3.63) is 58.3 Å². The van der Waals surface area contributed by atoms with E-state index in [1.165, 1.54) is 0 Å². The van der Waals surface area contributed by atoms with Crippen LogP contribution in [0.25, 0.3) is 0 Å². The third kappa shape index (κ3) is 4.90. The Morgan fingerprint density at radius 3 is 2.68 bits per heavy atom. The van der Waals surface area contributed by atoms with Gasteiger partial charge < -0.3 is 4.90 Å². The predicted molar refractivity (Wildman–Crippen MR) is 108 cm³/mol. The van der Waals surface area contributed by atoms with E-state index >= 15 is 0 Å². The van der Waals surface area contributed by atoms with Gasteiger partial charge in [-0.05, 0) is 42.5 Å². The van der Waals surface area contributed by atoms with Gasteiger partial charge in [0, 0.05) is 12.2 Å². The van der Waals surface area contributed by atoms with Gasteiger partial charge in [0.1, 0.15) is 18.9 Å². The van der Waals surface area contributed by atoms with Crippen molar-refractivity contribution in [1.82, 2.24) is 9.55 Å². The van der Waals surface area contributed by atoms with E-state index in [2.05, 4.69) is 31.6 Å². The van der Waals surface area contributed by atoms with Crippen molar-refractivity contribution < 1.29 is 9.49 Å². The molecule has 0 bridgehead atoms. The fraction of sp³-hybridized carbons (Fsp3) is 0.294. The molecule has 0 aliphatic heterocycles. The van der Waals surface area contributed by atoms with Gasteiger partial charge in [-0.1, -0.05) is 11.6 Å². The Morgan fingerprint density at radius 2 is 2.11 bits per heavy atom. The zero-order valence-electron chi connectivity index (χ0n) is 15.4. The molecular formula is C17H19ClN7O2S+. The minimum atomic E-state index is -0.582. The summed E-state index contributed by atoms with van der Waals surface area (Å²) in [6.45, 7) is 4.77. The Morgan fingerprint density at radius 1 is 1.36 bits per heavy atom. The standard InChI is InChI=1S/C17H19ClN7O2S/c1-3-24(11-10-23-9-8-22(2)12-23)14-6-4-13(5-7-14)20-21-17-19-15(18)16(28-17)25(26)27/h4-9,12H,3,10-11H2,1-2H3/q+1/b21-20+. The lowest BCUT2D eigenvalue weighted by molar-refractivity contribution is -0.671. The van der Waals surface area contributed by atoms with Gasteiger partial charge in [0.05, 0.1) is 24.2 Å². The minimum absolute atomic E-state index is 0.149. The molecule has 146 valence electrons. The Hall–Kier alpha value is -2.85. The van der Waals surface area contributed by atoms with E-state index in [0.29, 0.717) is 5.69 Å². The lowest BCUT2D eigenvalue weighted by Crippen LogP contribution is -2.28. The maximum Gasteiger partial charge on any atom is 0.364 e. The number of aryl methyl sites for hydroxylation is 1. The lowest BCUT2D eigenvalue weighted by Gasteiger charge is -2.22. The molecule has 2 aromatic heterocycles. The van der Waals surface area contributed by atoms with Gasteiger partial charge in [0.2, 0.25) is 16.6 Å². The van der Waals surface area contributed by atoms with E-state index in [1.54, 1.807) is 0 Å². The molecule has 0 aliphatic rings. The molecule has 0 saturated heterocycles. The molecule has 0 unspecified atom stereocenters. The van der Waals surface area contributed by atoms with Crippen molar-refractivity contribution >= 4 is 44.4 Å². The van der Waals surface area contributed by atoms with Crippen LogP contribution < -0.4 is 9.47 Å². The average Bonchev–Trinajstić information content (AvgIpc) is 3.26. The third-order valence-corrected chi connectivity index (χ3v) is 5.29. The number of anilines is 1. The molecule has 0 amide bonds. The highest BCUT2D eigenvalue weighted by Crippen LogP contribution is 2.36. The topological polar surface area (TPSA) is 92.8 Å². The first kappa shape index (κ1) is 19.9. The minimum Gasteiger partial charge on any atom is -0.368 e. The number of hydrogen-bond donors (Lipinski definition) is 0. The van der Waals surface area contributed by atoms with Crippen LogP contribution in [0.2, 0.25) is 5.15 Å². The molecule has 0 saturated carbocycles. The van der Waals surface area contributed by atoms with E-state index in [9.17, 15) is 10.1 Å². The molecule has 9 nitrogen and oxygen atoms in total. The summed E-state index contributed by atoms with van der Waals surface area (Å²) in [6, 6.07) is 7.65. The van der Waals surface area contributed by atoms with Crippen LogP contribution in [-0.2, 0) is 13.6 Å². The molecule has 3 rings (SSSR count). The van der Waals surface area contributed by atoms with Crippen molar-refractivity contribution in [3.8, 4) is 0 Å². The summed E-state index contributed by atoms with van der Waals surface area (Å²) in [5, 5.41) is 18.6. The normalized spacial score (nSPS) is 11.2. The van der Waals surface area contributed by atoms with E-state index in [4.69, 9.17) is 11.6 Å². The van der Waals surface area contributed by atoms with Gasteiger partial charge >= 0.3 is 5.00 Å². The highest BCUT2D eigenvalue weighted by molar-refractivity contribution is 7.19. The van der Waals surface area contributed by atoms with Crippen LogP contribution in [0.3, 0.4) is 0 Å². The summed E-state index contributed by atoms with van der Waals surface area (Å²) in [5.74, 6) is 0. The van der Waals surface area contributed by atoms with Gasteiger partial charge in [0.25, 0.3) is 0 Å². The van der Waals surface area contributed by atoms with Crippen molar-refractivity contribution in [2.75, 3.05) is 18.0 Å². The smallest absolute Gasteiger partial charge is 0.364 e. The van der Waals surface area contributed by atoms with Crippen LogP contribution >= 0.6 is 22.9 Å². The number of nitrogens with zero attached hydrogens (tertiary/aromatic N) is 7. The molecule has 0 fully saturated rings. The molecule has 28 heavy (non-hydrogen) atoms. The number of likely N-dealkylation sites (N-methyl/N-ethyl adjacent to an activating group) is 1. The number of azo groups is 1. The van der Waals surface area contributed by atoms with E-state index < -0.39 is 4.92 Å². The van der Waals surface area contributed by atoms with Crippen LogP contribution in [0, 0.1) is 10.1 Å². The number of rotatable bonds is 8. The summed E-state index contributed by atoms with van der Waals surface area (Å²) in [7, 11) is 2.00. The van der Waals surface area contributed by atoms with Crippen LogP contribution in [0.1, 0.15) is 6.92 Å². The largest absolute Gasteiger partial charge is 0.368 e. The number of thiazole rings is 1. The maximum atomic E-state index is 10.8. The number of nitro groups is 1. The average molecular weight is 421 g/mol. The Bertz CT molecular complexity index is 984. The van der Waals surface area contributed by atoms with Crippen molar-refractivity contribution in [2.45, 2.75) is 13.5 Å². The Balaban J connectivity index is 1.64. The molecule has 2 heterocycles. The first-order chi connectivity index (χ1) is 13.5. The zero-order valence-corrected chi connectivity index (χ0v) is 17.0. The molecule has 0 radical (unpaired) electrons. The van der Waals surface area contributed by atoms with Gasteiger partial charge in [-0.15, -0.1) is 10.2 Å².